The highest BCUT2D eigenvalue weighted by molar-refractivity contribution is 8.13. The first-order valence-corrected chi connectivity index (χ1v) is 7.36. The van der Waals surface area contributed by atoms with E-state index in [9.17, 15) is 0 Å². The van der Waals surface area contributed by atoms with Crippen molar-refractivity contribution in [2.45, 2.75) is 12.5 Å². The van der Waals surface area contributed by atoms with Crippen LogP contribution in [0.1, 0.15) is 22.7 Å². The molecule has 0 radical (unpaired) electrons. The summed E-state index contributed by atoms with van der Waals surface area (Å²) in [6, 6.07) is 19.4. The van der Waals surface area contributed by atoms with E-state index in [-0.39, 0.29) is 6.04 Å². The first kappa shape index (κ1) is 11.5. The molecule has 0 saturated heterocycles. The molecule has 18 heavy (non-hydrogen) atoms. The van der Waals surface area contributed by atoms with E-state index < -0.39 is 0 Å². The Morgan fingerprint density at radius 2 is 1.72 bits per heavy atom. The van der Waals surface area contributed by atoms with Crippen LogP contribution in [0, 0.1) is 0 Å². The normalized spacial score (nSPS) is 18.1. The highest BCUT2D eigenvalue weighted by Crippen LogP contribution is 2.31. The Kier molecular flexibility index (Phi) is 3.20. The lowest BCUT2D eigenvalue weighted by Gasteiger charge is -2.22. The molecular formula is C16H15NS. The van der Waals surface area contributed by atoms with Crippen molar-refractivity contribution in [2.24, 2.45) is 4.99 Å². The molecule has 0 fully saturated rings. The lowest BCUT2D eigenvalue weighted by molar-refractivity contribution is 0.715. The van der Waals surface area contributed by atoms with E-state index >= 15 is 0 Å². The van der Waals surface area contributed by atoms with E-state index in [0.717, 1.165) is 11.5 Å². The van der Waals surface area contributed by atoms with Gasteiger partial charge in [0.25, 0.3) is 0 Å². The van der Waals surface area contributed by atoms with Crippen molar-refractivity contribution in [1.29, 1.82) is 0 Å². The van der Waals surface area contributed by atoms with E-state index in [1.54, 1.807) is 11.8 Å². The Bertz CT molecular complexity index is 575. The van der Waals surface area contributed by atoms with Crippen molar-refractivity contribution in [3.8, 4) is 0 Å². The Morgan fingerprint density at radius 3 is 2.50 bits per heavy atom. The summed E-state index contributed by atoms with van der Waals surface area (Å²) in [4.78, 5) is 4.89. The van der Waals surface area contributed by atoms with Gasteiger partial charge in [0.05, 0.1) is 11.1 Å². The van der Waals surface area contributed by atoms with Gasteiger partial charge in [0.15, 0.2) is 0 Å². The Morgan fingerprint density at radius 1 is 1.00 bits per heavy atom. The molecule has 0 N–H and O–H groups in total. The third kappa shape index (κ3) is 2.08. The second-order valence-corrected chi connectivity index (χ2v) is 5.22. The van der Waals surface area contributed by atoms with Crippen LogP contribution in [-0.2, 0) is 6.42 Å². The van der Waals surface area contributed by atoms with Gasteiger partial charge in [0, 0.05) is 5.56 Å². The standard InChI is InChI=1S/C16H15NS/c1-18-16-14-10-6-5-9-13(14)11-15(17-16)12-7-3-2-4-8-12/h2-10,15H,11H2,1H3. The Balaban J connectivity index is 2.03. The fourth-order valence-electron chi connectivity index (χ4n) is 2.40. The van der Waals surface area contributed by atoms with Gasteiger partial charge in [-0.2, -0.15) is 0 Å². The molecular weight excluding hydrogens is 238 g/mol. The molecule has 1 heterocycles. The molecule has 90 valence electrons. The van der Waals surface area contributed by atoms with Gasteiger partial charge in [-0.25, -0.2) is 0 Å². The molecule has 0 saturated carbocycles. The van der Waals surface area contributed by atoms with Crippen LogP contribution in [0.4, 0.5) is 0 Å². The number of nitrogens with zero attached hydrogens (tertiary/aromatic N) is 1. The van der Waals surface area contributed by atoms with Crippen LogP contribution in [0.5, 0.6) is 0 Å². The molecule has 0 spiro atoms. The number of hydrogen-bond acceptors (Lipinski definition) is 2. The van der Waals surface area contributed by atoms with Crippen molar-refractivity contribution in [1.82, 2.24) is 0 Å². The van der Waals surface area contributed by atoms with Gasteiger partial charge in [-0.3, -0.25) is 4.99 Å². The molecule has 1 aliphatic heterocycles. The molecule has 2 heteroatoms. The van der Waals surface area contributed by atoms with Crippen molar-refractivity contribution in [3.63, 3.8) is 0 Å². The average molecular weight is 253 g/mol. The van der Waals surface area contributed by atoms with Crippen LogP contribution in [-0.4, -0.2) is 11.3 Å². The first-order chi connectivity index (χ1) is 8.88. The number of aliphatic imine (C=N–C) groups is 1. The number of rotatable bonds is 1. The summed E-state index contributed by atoms with van der Waals surface area (Å²) in [5.74, 6) is 0. The molecule has 1 unspecified atom stereocenters. The van der Waals surface area contributed by atoms with E-state index in [1.807, 2.05) is 0 Å². The fourth-order valence-corrected chi connectivity index (χ4v) is 3.05. The molecule has 1 atom stereocenters. The third-order valence-corrected chi connectivity index (χ3v) is 4.02. The molecule has 0 aromatic heterocycles. The van der Waals surface area contributed by atoms with Crippen molar-refractivity contribution < 1.29 is 0 Å². The van der Waals surface area contributed by atoms with Crippen molar-refractivity contribution >= 4 is 16.8 Å². The van der Waals surface area contributed by atoms with Crippen LogP contribution in [0.2, 0.25) is 0 Å². The smallest absolute Gasteiger partial charge is 0.0984 e. The molecule has 1 aliphatic rings. The highest BCUT2D eigenvalue weighted by atomic mass is 32.2. The lowest BCUT2D eigenvalue weighted by Crippen LogP contribution is -2.13. The van der Waals surface area contributed by atoms with Gasteiger partial charge in [0.2, 0.25) is 0 Å². The first-order valence-electron chi connectivity index (χ1n) is 6.13. The van der Waals surface area contributed by atoms with E-state index in [1.165, 1.54) is 16.7 Å². The highest BCUT2D eigenvalue weighted by Gasteiger charge is 2.21. The van der Waals surface area contributed by atoms with Crippen LogP contribution < -0.4 is 0 Å². The van der Waals surface area contributed by atoms with Crippen LogP contribution in [0.25, 0.3) is 0 Å². The van der Waals surface area contributed by atoms with E-state index in [0.29, 0.717) is 0 Å². The maximum Gasteiger partial charge on any atom is 0.0984 e. The monoisotopic (exact) mass is 253 g/mol. The van der Waals surface area contributed by atoms with Crippen LogP contribution in [0.15, 0.2) is 59.6 Å². The molecule has 0 bridgehead atoms. The fraction of sp³-hybridized carbons (Fsp3) is 0.188. The number of benzene rings is 2. The summed E-state index contributed by atoms with van der Waals surface area (Å²) < 4.78 is 0. The second kappa shape index (κ2) is 4.99. The van der Waals surface area contributed by atoms with Crippen molar-refractivity contribution in [2.75, 3.05) is 6.26 Å². The number of thioether (sulfide) groups is 1. The SMILES string of the molecule is CSC1=NC(c2ccccc2)Cc2ccccc21. The largest absolute Gasteiger partial charge is 0.269 e. The summed E-state index contributed by atoms with van der Waals surface area (Å²) in [5.41, 5.74) is 4.02. The minimum atomic E-state index is 0.267. The quantitative estimate of drug-likeness (QED) is 0.745. The third-order valence-electron chi connectivity index (χ3n) is 3.31. The second-order valence-electron chi connectivity index (χ2n) is 4.43. The molecule has 0 aliphatic carbocycles. The lowest BCUT2D eigenvalue weighted by atomic mass is 9.94. The zero-order valence-corrected chi connectivity index (χ0v) is 11.2. The topological polar surface area (TPSA) is 12.4 Å². The predicted molar refractivity (Wildman–Crippen MR) is 79.4 cm³/mol. The summed E-state index contributed by atoms with van der Waals surface area (Å²) in [6.45, 7) is 0. The summed E-state index contributed by atoms with van der Waals surface area (Å²) in [6.07, 6.45) is 3.10. The summed E-state index contributed by atoms with van der Waals surface area (Å²) in [7, 11) is 0. The van der Waals surface area contributed by atoms with Gasteiger partial charge >= 0.3 is 0 Å². The Hall–Kier alpha value is -1.54. The van der Waals surface area contributed by atoms with Gasteiger partial charge in [-0.05, 0) is 23.8 Å². The average Bonchev–Trinajstić information content (AvgIpc) is 2.47. The zero-order chi connectivity index (χ0) is 12.4. The van der Waals surface area contributed by atoms with Crippen LogP contribution >= 0.6 is 11.8 Å². The minimum Gasteiger partial charge on any atom is -0.269 e. The molecule has 2 aromatic rings. The molecule has 0 amide bonds. The molecule has 3 rings (SSSR count). The van der Waals surface area contributed by atoms with Gasteiger partial charge in [-0.1, -0.05) is 54.6 Å². The van der Waals surface area contributed by atoms with Crippen molar-refractivity contribution in [3.05, 3.63) is 71.3 Å². The van der Waals surface area contributed by atoms with Crippen LogP contribution in [0.3, 0.4) is 0 Å². The predicted octanol–water partition coefficient (Wildman–Crippen LogP) is 4.09. The maximum absolute atomic E-state index is 4.89. The zero-order valence-electron chi connectivity index (χ0n) is 10.3. The van der Waals surface area contributed by atoms with Gasteiger partial charge in [-0.15, -0.1) is 11.8 Å². The number of fused-ring (bicyclic) bond motifs is 1. The molecule has 1 nitrogen and oxygen atoms in total. The summed E-state index contributed by atoms with van der Waals surface area (Å²) in [5, 5.41) is 1.16. The van der Waals surface area contributed by atoms with Gasteiger partial charge in [0.1, 0.15) is 0 Å². The van der Waals surface area contributed by atoms with E-state index in [4.69, 9.17) is 4.99 Å². The Labute approximate surface area is 112 Å². The number of hydrogen-bond donors (Lipinski definition) is 0. The summed E-state index contributed by atoms with van der Waals surface area (Å²) >= 11 is 1.74. The maximum atomic E-state index is 4.89. The molecule has 2 aromatic carbocycles. The minimum absolute atomic E-state index is 0.267. The van der Waals surface area contributed by atoms with E-state index in [2.05, 4.69) is 60.9 Å². The van der Waals surface area contributed by atoms with Gasteiger partial charge < -0.3 is 0 Å².